The quantitative estimate of drug-likeness (QED) is 0.830. The summed E-state index contributed by atoms with van der Waals surface area (Å²) in [6, 6.07) is 4.29. The highest BCUT2D eigenvalue weighted by Crippen LogP contribution is 2.26. The van der Waals surface area contributed by atoms with Gasteiger partial charge >= 0.3 is 0 Å². The van der Waals surface area contributed by atoms with Gasteiger partial charge in [-0.2, -0.15) is 0 Å². The zero-order chi connectivity index (χ0) is 14.9. The van der Waals surface area contributed by atoms with Crippen LogP contribution in [-0.4, -0.2) is 18.4 Å². The number of nitrogens with two attached hydrogens (primary N) is 1. The van der Waals surface area contributed by atoms with Gasteiger partial charge in [0, 0.05) is 16.6 Å². The van der Waals surface area contributed by atoms with E-state index in [0.717, 1.165) is 4.88 Å². The van der Waals surface area contributed by atoms with Gasteiger partial charge in [0.05, 0.1) is 5.02 Å². The lowest BCUT2D eigenvalue weighted by Crippen LogP contribution is -2.14. The fourth-order valence-electron chi connectivity index (χ4n) is 1.44. The summed E-state index contributed by atoms with van der Waals surface area (Å²) < 4.78 is 26.8. The first-order valence-corrected chi connectivity index (χ1v) is 8.43. The van der Waals surface area contributed by atoms with Gasteiger partial charge in [-0.1, -0.05) is 29.9 Å². The third kappa shape index (κ3) is 3.26. The molecule has 1 heterocycles. The number of nitrogens with zero attached hydrogens (tertiary/aromatic N) is 1. The molecule has 0 saturated heterocycles. The van der Waals surface area contributed by atoms with E-state index in [0.29, 0.717) is 5.56 Å². The topological polar surface area (TPSA) is 85.1 Å². The smallest absolute Gasteiger partial charge is 0.265 e. The molecule has 3 N–H and O–H groups in total. The zero-order valence-electron chi connectivity index (χ0n) is 10.3. The van der Waals surface area contributed by atoms with Crippen LogP contribution in [0.25, 0.3) is 0 Å². The minimum atomic E-state index is -3.79. The molecule has 0 saturated carbocycles. The maximum absolute atomic E-state index is 12.2. The minimum absolute atomic E-state index is 0.0491. The lowest BCUT2D eigenvalue weighted by atomic mass is 10.2. The predicted molar refractivity (Wildman–Crippen MR) is 85.0 cm³/mol. The maximum atomic E-state index is 12.2. The molecule has 2 rings (SSSR count). The van der Waals surface area contributed by atoms with Crippen molar-refractivity contribution in [3.05, 3.63) is 39.9 Å². The van der Waals surface area contributed by atoms with Gasteiger partial charge in [-0.3, -0.25) is 4.72 Å². The molecule has 0 aliphatic rings. The molecule has 20 heavy (non-hydrogen) atoms. The fraction of sp³-hybridized carbons (Fsp3) is 0.0909. The van der Waals surface area contributed by atoms with Crippen LogP contribution in [0.5, 0.6) is 0 Å². The Balaban J connectivity index is 2.37. The number of halogens is 1. The van der Waals surface area contributed by atoms with E-state index in [1.165, 1.54) is 29.5 Å². The van der Waals surface area contributed by atoms with Gasteiger partial charge in [0.15, 0.2) is 5.13 Å². The number of thiocarbonyl (C=S) groups is 1. The molecule has 2 aromatic rings. The first-order valence-electron chi connectivity index (χ1n) is 5.34. The summed E-state index contributed by atoms with van der Waals surface area (Å²) >= 11 is 12.0. The van der Waals surface area contributed by atoms with E-state index >= 15 is 0 Å². The van der Waals surface area contributed by atoms with Gasteiger partial charge in [0.2, 0.25) is 0 Å². The van der Waals surface area contributed by atoms with Crippen molar-refractivity contribution >= 4 is 55.3 Å². The van der Waals surface area contributed by atoms with Crippen molar-refractivity contribution in [3.63, 3.8) is 0 Å². The van der Waals surface area contributed by atoms with E-state index < -0.39 is 10.0 Å². The third-order valence-electron chi connectivity index (χ3n) is 2.35. The summed E-state index contributed by atoms with van der Waals surface area (Å²) in [4.78, 5) is 4.95. The van der Waals surface area contributed by atoms with Crippen LogP contribution < -0.4 is 10.5 Å². The van der Waals surface area contributed by atoms with E-state index in [-0.39, 0.29) is 20.0 Å². The molecular weight excluding hydrogens is 338 g/mol. The van der Waals surface area contributed by atoms with Gasteiger partial charge in [0.1, 0.15) is 9.88 Å². The summed E-state index contributed by atoms with van der Waals surface area (Å²) in [5, 5.41) is 0.341. The van der Waals surface area contributed by atoms with Gasteiger partial charge in [0.25, 0.3) is 10.0 Å². The van der Waals surface area contributed by atoms with Gasteiger partial charge in [-0.15, -0.1) is 11.3 Å². The number of benzene rings is 1. The molecule has 0 unspecified atom stereocenters. The number of aryl methyl sites for hydroxylation is 1. The molecule has 5 nitrogen and oxygen atoms in total. The largest absolute Gasteiger partial charge is 0.389 e. The Hall–Kier alpha value is -1.22. The van der Waals surface area contributed by atoms with E-state index in [1.54, 1.807) is 6.20 Å². The minimum Gasteiger partial charge on any atom is -0.389 e. The van der Waals surface area contributed by atoms with Crippen molar-refractivity contribution in [1.82, 2.24) is 4.98 Å². The number of hydrogen-bond acceptors (Lipinski definition) is 5. The highest BCUT2D eigenvalue weighted by Gasteiger charge is 2.20. The molecule has 0 aliphatic carbocycles. The van der Waals surface area contributed by atoms with Crippen LogP contribution in [0.3, 0.4) is 0 Å². The van der Waals surface area contributed by atoms with Crippen molar-refractivity contribution in [3.8, 4) is 0 Å². The van der Waals surface area contributed by atoms with Crippen molar-refractivity contribution < 1.29 is 8.42 Å². The molecule has 0 spiro atoms. The summed E-state index contributed by atoms with van der Waals surface area (Å²) in [6.07, 6.45) is 1.58. The van der Waals surface area contributed by atoms with Crippen LogP contribution in [0.2, 0.25) is 5.02 Å². The second kappa shape index (κ2) is 5.65. The van der Waals surface area contributed by atoms with Crippen LogP contribution in [0.1, 0.15) is 10.4 Å². The van der Waals surface area contributed by atoms with Crippen LogP contribution in [0.15, 0.2) is 29.3 Å². The molecule has 0 fully saturated rings. The van der Waals surface area contributed by atoms with Gasteiger partial charge in [-0.05, 0) is 19.1 Å². The average molecular weight is 348 g/mol. The van der Waals surface area contributed by atoms with E-state index in [1.807, 2.05) is 6.92 Å². The van der Waals surface area contributed by atoms with Crippen LogP contribution in [-0.2, 0) is 10.0 Å². The average Bonchev–Trinajstić information content (AvgIpc) is 2.73. The van der Waals surface area contributed by atoms with Crippen LogP contribution in [0, 0.1) is 6.92 Å². The van der Waals surface area contributed by atoms with Crippen molar-refractivity contribution in [1.29, 1.82) is 0 Å². The first kappa shape index (κ1) is 15.2. The molecular formula is C11H10ClN3O2S3. The summed E-state index contributed by atoms with van der Waals surface area (Å²) in [5.41, 5.74) is 5.98. The number of hydrogen-bond donors (Lipinski definition) is 2. The van der Waals surface area contributed by atoms with E-state index in [2.05, 4.69) is 9.71 Å². The highest BCUT2D eigenvalue weighted by atomic mass is 35.5. The fourth-order valence-corrected chi connectivity index (χ4v) is 4.02. The molecule has 0 amide bonds. The Kier molecular flexibility index (Phi) is 4.28. The maximum Gasteiger partial charge on any atom is 0.265 e. The molecule has 0 bridgehead atoms. The number of rotatable bonds is 4. The molecule has 1 aromatic carbocycles. The number of sulfonamides is 1. The molecule has 0 atom stereocenters. The van der Waals surface area contributed by atoms with Crippen LogP contribution in [0.4, 0.5) is 5.13 Å². The Bertz CT molecular complexity index is 771. The standard InChI is InChI=1S/C11H10ClN3O2S3/c1-6-5-14-11(19-6)15-20(16,17)9-3-2-7(10(13)18)4-8(9)12/h2-5H,1H3,(H2,13,18)(H,14,15). The normalized spacial score (nSPS) is 11.3. The predicted octanol–water partition coefficient (Wildman–Crippen LogP) is 2.54. The number of anilines is 1. The third-order valence-corrected chi connectivity index (χ3v) is 5.36. The summed E-state index contributed by atoms with van der Waals surface area (Å²) in [6.45, 7) is 1.83. The highest BCUT2D eigenvalue weighted by molar-refractivity contribution is 7.93. The van der Waals surface area contributed by atoms with Gasteiger partial charge in [-0.25, -0.2) is 13.4 Å². The van der Waals surface area contributed by atoms with E-state index in [9.17, 15) is 8.42 Å². The lowest BCUT2D eigenvalue weighted by molar-refractivity contribution is 0.601. The summed E-state index contributed by atoms with van der Waals surface area (Å²) in [7, 11) is -3.79. The Morgan fingerprint density at radius 1 is 1.50 bits per heavy atom. The Morgan fingerprint density at radius 3 is 2.70 bits per heavy atom. The number of thiazole rings is 1. The first-order chi connectivity index (χ1) is 9.29. The second-order valence-electron chi connectivity index (χ2n) is 3.89. The van der Waals surface area contributed by atoms with Crippen molar-refractivity contribution in [2.24, 2.45) is 5.73 Å². The van der Waals surface area contributed by atoms with Gasteiger partial charge < -0.3 is 5.73 Å². The Labute approximate surface area is 130 Å². The SMILES string of the molecule is Cc1cnc(NS(=O)(=O)c2ccc(C(N)=S)cc2Cl)s1. The number of nitrogens with one attached hydrogen (secondary N) is 1. The number of aromatic nitrogens is 1. The molecule has 0 radical (unpaired) electrons. The van der Waals surface area contributed by atoms with Crippen molar-refractivity contribution in [2.75, 3.05) is 4.72 Å². The van der Waals surface area contributed by atoms with Crippen LogP contribution >= 0.6 is 35.2 Å². The zero-order valence-corrected chi connectivity index (χ0v) is 13.5. The molecule has 9 heteroatoms. The molecule has 0 aliphatic heterocycles. The monoisotopic (exact) mass is 347 g/mol. The molecule has 1 aromatic heterocycles. The summed E-state index contributed by atoms with van der Waals surface area (Å²) in [5.74, 6) is 0. The van der Waals surface area contributed by atoms with E-state index in [4.69, 9.17) is 29.6 Å². The van der Waals surface area contributed by atoms with Crippen molar-refractivity contribution in [2.45, 2.75) is 11.8 Å². The lowest BCUT2D eigenvalue weighted by Gasteiger charge is -2.08. The molecule has 106 valence electrons. The second-order valence-corrected chi connectivity index (χ2v) is 7.62. The Morgan fingerprint density at radius 2 is 2.20 bits per heavy atom.